The van der Waals surface area contributed by atoms with Crippen LogP contribution in [0.15, 0.2) is 53.1 Å². The smallest absolute Gasteiger partial charge is 0.410 e. The zero-order valence-electron chi connectivity index (χ0n) is 15.2. The number of halogens is 3. The predicted octanol–water partition coefficient (Wildman–Crippen LogP) is 4.40. The normalized spacial score (nSPS) is 18.6. The number of aromatic nitrogens is 2. The predicted molar refractivity (Wildman–Crippen MR) is 98.0 cm³/mol. The minimum atomic E-state index is -4.53. The summed E-state index contributed by atoms with van der Waals surface area (Å²) in [6, 6.07) is 8.56. The molecule has 2 unspecified atom stereocenters. The molecule has 1 aliphatic rings. The van der Waals surface area contributed by atoms with Crippen molar-refractivity contribution >= 4 is 17.4 Å². The molecule has 29 heavy (non-hydrogen) atoms. The maximum atomic E-state index is 13.6. The zero-order chi connectivity index (χ0) is 20.6. The number of nitrogens with zero attached hydrogens (tertiary/aromatic N) is 2. The number of ether oxygens (including phenoxy) is 1. The molecule has 0 fully saturated rings. The van der Waals surface area contributed by atoms with Crippen molar-refractivity contribution in [1.82, 2.24) is 9.78 Å². The number of carbonyl (C=O) groups is 1. The van der Waals surface area contributed by atoms with Gasteiger partial charge in [0, 0.05) is 24.2 Å². The lowest BCUT2D eigenvalue weighted by molar-refractivity contribution is -0.174. The van der Waals surface area contributed by atoms with Crippen LogP contribution in [0.1, 0.15) is 34.8 Å². The Hall–Kier alpha value is -3.43. The first-order valence-corrected chi connectivity index (χ1v) is 8.77. The highest BCUT2D eigenvalue weighted by Gasteiger charge is 2.47. The van der Waals surface area contributed by atoms with E-state index in [4.69, 9.17) is 9.15 Å². The van der Waals surface area contributed by atoms with Crippen LogP contribution in [0.3, 0.4) is 0 Å². The Morgan fingerprint density at radius 2 is 2.14 bits per heavy atom. The number of benzene rings is 1. The topological polar surface area (TPSA) is 81.3 Å². The quantitative estimate of drug-likeness (QED) is 0.671. The van der Waals surface area contributed by atoms with Gasteiger partial charge in [0.2, 0.25) is 0 Å². The fraction of sp³-hybridized carbons (Fsp3) is 0.263. The number of alkyl halides is 3. The Morgan fingerprint density at radius 3 is 2.83 bits per heavy atom. The summed E-state index contributed by atoms with van der Waals surface area (Å²) in [6.07, 6.45) is -3.44. The average Bonchev–Trinajstić information content (AvgIpc) is 3.36. The van der Waals surface area contributed by atoms with Crippen molar-refractivity contribution in [2.45, 2.75) is 24.7 Å². The lowest BCUT2D eigenvalue weighted by Gasteiger charge is -2.32. The van der Waals surface area contributed by atoms with E-state index in [1.165, 1.54) is 19.4 Å². The van der Waals surface area contributed by atoms with Gasteiger partial charge in [0.15, 0.2) is 11.7 Å². The summed E-state index contributed by atoms with van der Waals surface area (Å²) in [5.74, 6) is 0.384. The molecule has 0 saturated heterocycles. The number of methoxy groups -OCH3 is 1. The second kappa shape index (κ2) is 7.19. The molecule has 0 aliphatic carbocycles. The van der Waals surface area contributed by atoms with Crippen molar-refractivity contribution in [1.29, 1.82) is 0 Å². The number of fused-ring (bicyclic) bond motifs is 1. The van der Waals surface area contributed by atoms with Crippen molar-refractivity contribution in [3.8, 4) is 5.75 Å². The molecule has 7 nitrogen and oxygen atoms in total. The van der Waals surface area contributed by atoms with Gasteiger partial charge in [-0.3, -0.25) is 4.79 Å². The molecule has 152 valence electrons. The summed E-state index contributed by atoms with van der Waals surface area (Å²) < 4.78 is 52.1. The van der Waals surface area contributed by atoms with Crippen molar-refractivity contribution in [2.75, 3.05) is 17.7 Å². The molecule has 2 aromatic heterocycles. The van der Waals surface area contributed by atoms with Crippen LogP contribution in [0, 0.1) is 0 Å². The molecule has 0 spiro atoms. The number of hydrogen-bond donors (Lipinski definition) is 2. The molecule has 10 heteroatoms. The Kier molecular flexibility index (Phi) is 4.69. The second-order valence-corrected chi connectivity index (χ2v) is 6.55. The SMILES string of the molecule is COc1cccc(NC(=O)c2cc3n(n2)C(C(F)(F)F)CC(c2ccco2)N3)c1. The molecule has 2 atom stereocenters. The van der Waals surface area contributed by atoms with Crippen molar-refractivity contribution in [2.24, 2.45) is 0 Å². The molecule has 0 bridgehead atoms. The van der Waals surface area contributed by atoms with E-state index in [1.807, 2.05) is 0 Å². The van der Waals surface area contributed by atoms with Crippen molar-refractivity contribution < 1.29 is 27.1 Å². The molecule has 4 rings (SSSR count). The number of furan rings is 1. The van der Waals surface area contributed by atoms with Crippen LogP contribution in [0.5, 0.6) is 5.75 Å². The van der Waals surface area contributed by atoms with E-state index in [0.717, 1.165) is 4.68 Å². The van der Waals surface area contributed by atoms with Gasteiger partial charge < -0.3 is 19.8 Å². The van der Waals surface area contributed by atoms with Crippen LogP contribution in [-0.2, 0) is 0 Å². The molecule has 0 saturated carbocycles. The largest absolute Gasteiger partial charge is 0.497 e. The monoisotopic (exact) mass is 406 g/mol. The van der Waals surface area contributed by atoms with E-state index in [2.05, 4.69) is 15.7 Å². The summed E-state index contributed by atoms with van der Waals surface area (Å²) >= 11 is 0. The number of hydrogen-bond acceptors (Lipinski definition) is 5. The van der Waals surface area contributed by atoms with Crippen LogP contribution in [0.2, 0.25) is 0 Å². The number of nitrogens with one attached hydrogen (secondary N) is 2. The van der Waals surface area contributed by atoms with Gasteiger partial charge in [0.05, 0.1) is 19.4 Å². The van der Waals surface area contributed by atoms with Crippen molar-refractivity contribution in [3.05, 3.63) is 60.2 Å². The lowest BCUT2D eigenvalue weighted by Crippen LogP contribution is -2.35. The van der Waals surface area contributed by atoms with Gasteiger partial charge in [-0.25, -0.2) is 4.68 Å². The summed E-state index contributed by atoms with van der Waals surface area (Å²) in [6.45, 7) is 0. The van der Waals surface area contributed by atoms with Crippen LogP contribution in [0.25, 0.3) is 0 Å². The first kappa shape index (κ1) is 18.9. The number of carbonyl (C=O) groups excluding carboxylic acids is 1. The molecule has 3 aromatic rings. The van der Waals surface area contributed by atoms with E-state index < -0.39 is 24.2 Å². The van der Waals surface area contributed by atoms with Crippen LogP contribution < -0.4 is 15.4 Å². The van der Waals surface area contributed by atoms with Gasteiger partial charge in [-0.05, 0) is 24.3 Å². The van der Waals surface area contributed by atoms with Crippen LogP contribution in [-0.4, -0.2) is 29.0 Å². The molecule has 1 aliphatic heterocycles. The van der Waals surface area contributed by atoms with E-state index in [1.54, 1.807) is 36.4 Å². The van der Waals surface area contributed by atoms with E-state index in [0.29, 0.717) is 17.2 Å². The Labute approximate surface area is 163 Å². The first-order chi connectivity index (χ1) is 13.8. The number of amides is 1. The lowest BCUT2D eigenvalue weighted by atomic mass is 10.0. The minimum Gasteiger partial charge on any atom is -0.497 e. The third-order valence-electron chi connectivity index (χ3n) is 4.64. The minimum absolute atomic E-state index is 0.0933. The Balaban J connectivity index is 1.62. The third-order valence-corrected chi connectivity index (χ3v) is 4.64. The Morgan fingerprint density at radius 1 is 1.31 bits per heavy atom. The highest BCUT2D eigenvalue weighted by molar-refractivity contribution is 6.03. The number of anilines is 2. The standard InChI is InChI=1S/C19H17F3N4O3/c1-28-12-5-2-4-11(8-12)23-18(27)14-10-17-24-13(15-6-3-7-29-15)9-16(19(20,21)22)26(17)25-14/h2-8,10,13,16,24H,9H2,1H3,(H,23,27). The summed E-state index contributed by atoms with van der Waals surface area (Å²) in [4.78, 5) is 12.5. The van der Waals surface area contributed by atoms with Gasteiger partial charge in [0.25, 0.3) is 5.91 Å². The van der Waals surface area contributed by atoms with Crippen LogP contribution in [0.4, 0.5) is 24.7 Å². The summed E-state index contributed by atoms with van der Waals surface area (Å²) in [5.41, 5.74) is 0.304. The van der Waals surface area contributed by atoms with E-state index in [-0.39, 0.29) is 17.9 Å². The fourth-order valence-electron chi connectivity index (χ4n) is 3.26. The number of rotatable bonds is 4. The summed E-state index contributed by atoms with van der Waals surface area (Å²) in [5, 5.41) is 9.49. The molecule has 0 radical (unpaired) electrons. The Bertz CT molecular complexity index is 1010. The highest BCUT2D eigenvalue weighted by Crippen LogP contribution is 2.43. The second-order valence-electron chi connectivity index (χ2n) is 6.55. The molecular weight excluding hydrogens is 389 g/mol. The van der Waals surface area contributed by atoms with Crippen LogP contribution >= 0.6 is 0 Å². The molecular formula is C19H17F3N4O3. The van der Waals surface area contributed by atoms with Gasteiger partial charge in [-0.2, -0.15) is 18.3 Å². The van der Waals surface area contributed by atoms with Gasteiger partial charge in [-0.15, -0.1) is 0 Å². The first-order valence-electron chi connectivity index (χ1n) is 8.77. The highest BCUT2D eigenvalue weighted by atomic mass is 19.4. The molecule has 2 N–H and O–H groups in total. The molecule has 3 heterocycles. The zero-order valence-corrected chi connectivity index (χ0v) is 15.2. The van der Waals surface area contributed by atoms with E-state index in [9.17, 15) is 18.0 Å². The fourth-order valence-corrected chi connectivity index (χ4v) is 3.26. The third kappa shape index (κ3) is 3.78. The maximum absolute atomic E-state index is 13.6. The van der Waals surface area contributed by atoms with Gasteiger partial charge >= 0.3 is 6.18 Å². The van der Waals surface area contributed by atoms with E-state index >= 15 is 0 Å². The molecule has 1 amide bonds. The van der Waals surface area contributed by atoms with Crippen molar-refractivity contribution in [3.63, 3.8) is 0 Å². The maximum Gasteiger partial charge on any atom is 0.410 e. The van der Waals surface area contributed by atoms with Gasteiger partial charge in [-0.1, -0.05) is 6.07 Å². The van der Waals surface area contributed by atoms with Gasteiger partial charge in [0.1, 0.15) is 17.3 Å². The summed E-state index contributed by atoms with van der Waals surface area (Å²) in [7, 11) is 1.49. The molecule has 1 aromatic carbocycles. The average molecular weight is 406 g/mol.